The van der Waals surface area contributed by atoms with E-state index in [1.54, 1.807) is 0 Å². The lowest BCUT2D eigenvalue weighted by Crippen LogP contribution is -2.42. The van der Waals surface area contributed by atoms with Gasteiger partial charge in [-0.15, -0.1) is 0 Å². The van der Waals surface area contributed by atoms with Crippen molar-refractivity contribution in [2.24, 2.45) is 0 Å². The van der Waals surface area contributed by atoms with E-state index in [0.717, 1.165) is 0 Å². The third kappa shape index (κ3) is 8.76. The van der Waals surface area contributed by atoms with Gasteiger partial charge in [-0.3, -0.25) is 9.59 Å². The summed E-state index contributed by atoms with van der Waals surface area (Å²) >= 11 is 1.44. The molecule has 7 nitrogen and oxygen atoms in total. The largest absolute Gasteiger partial charge is 0.469 e. The molecule has 0 heterocycles. The predicted octanol–water partition coefficient (Wildman–Crippen LogP) is -0.287. The third-order valence-corrected chi connectivity index (χ3v) is 3.36. The second-order valence-electron chi connectivity index (χ2n) is 3.84. The van der Waals surface area contributed by atoms with Crippen molar-refractivity contribution in [3.05, 3.63) is 0 Å². The fraction of sp³-hybridized carbons (Fsp3) is 0.750. The molecule has 0 aliphatic rings. The molecule has 0 unspecified atom stereocenters. The number of methoxy groups -OCH3 is 2. The van der Waals surface area contributed by atoms with Crippen LogP contribution in [0.15, 0.2) is 0 Å². The van der Waals surface area contributed by atoms with Crippen molar-refractivity contribution in [1.29, 1.82) is 0 Å². The lowest BCUT2D eigenvalue weighted by molar-refractivity contribution is -0.146. The van der Waals surface area contributed by atoms with Crippen LogP contribution in [0.1, 0.15) is 19.3 Å². The first-order valence-corrected chi connectivity index (χ1v) is 7.33. The lowest BCUT2D eigenvalue weighted by Gasteiger charge is -2.15. The average Bonchev–Trinajstić information content (AvgIpc) is 2.46. The Balaban J connectivity index is 4.17. The monoisotopic (exact) mass is 307 g/mol. The molecule has 0 fully saturated rings. The summed E-state index contributed by atoms with van der Waals surface area (Å²) in [6, 6.07) is -0.852. The number of aliphatic hydroxyl groups excluding tert-OH is 1. The Bertz CT molecular complexity index is 323. The molecule has 1 amide bonds. The van der Waals surface area contributed by atoms with E-state index in [-0.39, 0.29) is 31.8 Å². The van der Waals surface area contributed by atoms with Gasteiger partial charge in [-0.25, -0.2) is 4.79 Å². The molecule has 8 heteroatoms. The van der Waals surface area contributed by atoms with Crippen LogP contribution in [0.4, 0.5) is 0 Å². The second-order valence-corrected chi connectivity index (χ2v) is 5.07. The molecule has 0 aromatic carbocycles. The summed E-state index contributed by atoms with van der Waals surface area (Å²) in [6.45, 7) is 0.0657. The molecule has 2 N–H and O–H groups in total. The summed E-state index contributed by atoms with van der Waals surface area (Å²) in [4.78, 5) is 34.2. The molecular formula is C12H21NO6S. The molecule has 20 heavy (non-hydrogen) atoms. The van der Waals surface area contributed by atoms with Gasteiger partial charge in [0.15, 0.2) is 0 Å². The van der Waals surface area contributed by atoms with Crippen LogP contribution >= 0.6 is 11.8 Å². The summed E-state index contributed by atoms with van der Waals surface area (Å²) in [6.07, 6.45) is 0.390. The number of amides is 1. The SMILES string of the molecule is COC(=O)CC[C@H](NC(=O)CCSCCO)C(=O)OC. The van der Waals surface area contributed by atoms with Crippen LogP contribution < -0.4 is 5.32 Å². The van der Waals surface area contributed by atoms with E-state index in [2.05, 4.69) is 14.8 Å². The van der Waals surface area contributed by atoms with E-state index in [4.69, 9.17) is 5.11 Å². The maximum absolute atomic E-state index is 11.6. The number of ether oxygens (including phenoxy) is 2. The first kappa shape index (κ1) is 18.7. The maximum Gasteiger partial charge on any atom is 0.328 e. The topological polar surface area (TPSA) is 102 Å². The predicted molar refractivity (Wildman–Crippen MR) is 74.2 cm³/mol. The minimum Gasteiger partial charge on any atom is -0.469 e. The number of hydrogen-bond acceptors (Lipinski definition) is 7. The van der Waals surface area contributed by atoms with Crippen molar-refractivity contribution < 1.29 is 29.0 Å². The van der Waals surface area contributed by atoms with Crippen LogP contribution in [0, 0.1) is 0 Å². The normalized spacial score (nSPS) is 11.6. The van der Waals surface area contributed by atoms with Crippen LogP contribution in [0.5, 0.6) is 0 Å². The van der Waals surface area contributed by atoms with Gasteiger partial charge >= 0.3 is 11.9 Å². The molecule has 116 valence electrons. The van der Waals surface area contributed by atoms with Crippen LogP contribution in [-0.4, -0.2) is 61.3 Å². The number of thioether (sulfide) groups is 1. The first-order chi connectivity index (χ1) is 9.54. The number of hydrogen-bond donors (Lipinski definition) is 2. The molecule has 0 aromatic heterocycles. The highest BCUT2D eigenvalue weighted by molar-refractivity contribution is 7.99. The molecule has 0 spiro atoms. The van der Waals surface area contributed by atoms with Gasteiger partial charge in [0.2, 0.25) is 5.91 Å². The van der Waals surface area contributed by atoms with Crippen molar-refractivity contribution in [1.82, 2.24) is 5.32 Å². The molecule has 0 rings (SSSR count). The summed E-state index contributed by atoms with van der Waals surface area (Å²) in [5.74, 6) is -0.222. The second kappa shape index (κ2) is 11.5. The summed E-state index contributed by atoms with van der Waals surface area (Å²) in [5.41, 5.74) is 0. The Morgan fingerprint density at radius 3 is 2.40 bits per heavy atom. The minimum absolute atomic E-state index is 0.0236. The first-order valence-electron chi connectivity index (χ1n) is 6.17. The van der Waals surface area contributed by atoms with Crippen molar-refractivity contribution in [2.45, 2.75) is 25.3 Å². The Morgan fingerprint density at radius 2 is 1.85 bits per heavy atom. The van der Waals surface area contributed by atoms with E-state index in [1.807, 2.05) is 0 Å². The van der Waals surface area contributed by atoms with Crippen LogP contribution in [0.2, 0.25) is 0 Å². The summed E-state index contributed by atoms with van der Waals surface area (Å²) in [5, 5.41) is 11.1. The number of esters is 2. The molecule has 0 bridgehead atoms. The van der Waals surface area contributed by atoms with Gasteiger partial charge in [-0.05, 0) is 6.42 Å². The number of nitrogens with one attached hydrogen (secondary N) is 1. The van der Waals surface area contributed by atoms with Gasteiger partial charge in [0.25, 0.3) is 0 Å². The van der Waals surface area contributed by atoms with Crippen molar-refractivity contribution in [3.63, 3.8) is 0 Å². The van der Waals surface area contributed by atoms with Crippen LogP contribution in [0.25, 0.3) is 0 Å². The Kier molecular flexibility index (Phi) is 10.8. The molecule has 0 aliphatic carbocycles. The molecule has 0 aromatic rings. The van der Waals surface area contributed by atoms with Gasteiger partial charge in [0, 0.05) is 24.3 Å². The number of rotatable bonds is 10. The number of aliphatic hydroxyl groups is 1. The van der Waals surface area contributed by atoms with Gasteiger partial charge < -0.3 is 19.9 Å². The van der Waals surface area contributed by atoms with E-state index in [1.165, 1.54) is 26.0 Å². The standard InChI is InChI=1S/C12H21NO6S/c1-18-11(16)4-3-9(12(17)19-2)13-10(15)5-7-20-8-6-14/h9,14H,3-8H2,1-2H3,(H,13,15)/t9-/m0/s1. The Morgan fingerprint density at radius 1 is 1.15 bits per heavy atom. The molecule has 0 saturated heterocycles. The highest BCUT2D eigenvalue weighted by Crippen LogP contribution is 2.04. The van der Waals surface area contributed by atoms with Crippen molar-refractivity contribution in [3.8, 4) is 0 Å². The van der Waals surface area contributed by atoms with E-state index < -0.39 is 18.0 Å². The lowest BCUT2D eigenvalue weighted by atomic mass is 10.1. The molecule has 1 atom stereocenters. The highest BCUT2D eigenvalue weighted by Gasteiger charge is 2.22. The summed E-state index contributed by atoms with van der Waals surface area (Å²) < 4.78 is 9.06. The van der Waals surface area contributed by atoms with E-state index in [9.17, 15) is 14.4 Å². The third-order valence-electron chi connectivity index (χ3n) is 2.39. The average molecular weight is 307 g/mol. The van der Waals surface area contributed by atoms with E-state index in [0.29, 0.717) is 11.5 Å². The molecule has 0 radical (unpaired) electrons. The fourth-order valence-corrected chi connectivity index (χ4v) is 2.02. The quantitative estimate of drug-likeness (QED) is 0.422. The number of carbonyl (C=O) groups excluding carboxylic acids is 3. The molecule has 0 aliphatic heterocycles. The van der Waals surface area contributed by atoms with Gasteiger partial charge in [0.05, 0.1) is 20.8 Å². The Hall–Kier alpha value is -1.28. The van der Waals surface area contributed by atoms with Crippen molar-refractivity contribution >= 4 is 29.6 Å². The highest BCUT2D eigenvalue weighted by atomic mass is 32.2. The van der Waals surface area contributed by atoms with Gasteiger partial charge in [0.1, 0.15) is 6.04 Å². The van der Waals surface area contributed by atoms with E-state index >= 15 is 0 Å². The van der Waals surface area contributed by atoms with Crippen LogP contribution in [0.3, 0.4) is 0 Å². The maximum atomic E-state index is 11.6. The zero-order chi connectivity index (χ0) is 15.4. The zero-order valence-electron chi connectivity index (χ0n) is 11.7. The molecule has 0 saturated carbocycles. The summed E-state index contributed by atoms with van der Waals surface area (Å²) in [7, 11) is 2.48. The zero-order valence-corrected chi connectivity index (χ0v) is 12.5. The minimum atomic E-state index is -0.852. The Labute approximate surface area is 122 Å². The molecular weight excluding hydrogens is 286 g/mol. The number of carbonyl (C=O) groups is 3. The van der Waals surface area contributed by atoms with Crippen molar-refractivity contribution in [2.75, 3.05) is 32.3 Å². The smallest absolute Gasteiger partial charge is 0.328 e. The van der Waals surface area contributed by atoms with Crippen LogP contribution in [-0.2, 0) is 23.9 Å². The fourth-order valence-electron chi connectivity index (χ4n) is 1.35. The van der Waals surface area contributed by atoms with Gasteiger partial charge in [-0.2, -0.15) is 11.8 Å². The van der Waals surface area contributed by atoms with Gasteiger partial charge in [-0.1, -0.05) is 0 Å².